The second kappa shape index (κ2) is 10.4. The molecule has 45 heavy (non-hydrogen) atoms. The second-order valence-corrected chi connectivity index (χ2v) is 18.4. The van der Waals surface area contributed by atoms with Crippen LogP contribution in [0.3, 0.4) is 0 Å². The first-order valence-electron chi connectivity index (χ1n) is 18.1. The summed E-state index contributed by atoms with van der Waals surface area (Å²) in [5, 5.41) is 23.5. The maximum Gasteiger partial charge on any atom is 0.303 e. The number of morpholine rings is 1. The monoisotopic (exact) mass is 631 g/mol. The molecular weight excluding hydrogens is 570 g/mol. The lowest BCUT2D eigenvalue weighted by Crippen LogP contribution is -2.60. The number of likely N-dealkylation sites (N-methyl/N-ethyl adjacent to an activating group) is 1. The van der Waals surface area contributed by atoms with Gasteiger partial charge in [0.1, 0.15) is 0 Å². The van der Waals surface area contributed by atoms with E-state index in [1.807, 2.05) is 0 Å². The van der Waals surface area contributed by atoms with E-state index < -0.39 is 29.9 Å². The third kappa shape index (κ3) is 4.40. The summed E-state index contributed by atoms with van der Waals surface area (Å²) in [5.41, 5.74) is -0.869. The highest BCUT2D eigenvalue weighted by atomic mass is 16.7. The molecule has 0 aromatic rings. The van der Waals surface area contributed by atoms with Crippen LogP contribution in [0, 0.1) is 50.7 Å². The van der Waals surface area contributed by atoms with Gasteiger partial charge in [-0.2, -0.15) is 0 Å². The van der Waals surface area contributed by atoms with Crippen molar-refractivity contribution in [3.8, 4) is 0 Å². The fourth-order valence-corrected chi connectivity index (χ4v) is 13.6. The quantitative estimate of drug-likeness (QED) is 0.401. The zero-order valence-electron chi connectivity index (χ0n) is 29.4. The van der Waals surface area contributed by atoms with Crippen LogP contribution in [0.2, 0.25) is 0 Å². The van der Waals surface area contributed by atoms with E-state index >= 15 is 0 Å². The van der Waals surface area contributed by atoms with Crippen LogP contribution in [0.4, 0.5) is 0 Å². The molecule has 2 N–H and O–H groups in total. The van der Waals surface area contributed by atoms with Gasteiger partial charge in [-0.15, -0.1) is 0 Å². The van der Waals surface area contributed by atoms with Gasteiger partial charge in [0, 0.05) is 25.4 Å². The number of esters is 1. The molecule has 0 amide bonds. The fraction of sp³-hybridized carbons (Fsp3) is 0.973. The lowest BCUT2D eigenvalue weighted by molar-refractivity contribution is -0.247. The summed E-state index contributed by atoms with van der Waals surface area (Å²) in [7, 11) is 2.15. The van der Waals surface area contributed by atoms with Gasteiger partial charge in [0.05, 0.1) is 36.6 Å². The Bertz CT molecular complexity index is 1190. The van der Waals surface area contributed by atoms with Crippen molar-refractivity contribution in [3.05, 3.63) is 0 Å². The van der Waals surface area contributed by atoms with Gasteiger partial charge >= 0.3 is 5.97 Å². The van der Waals surface area contributed by atoms with Crippen LogP contribution in [0.1, 0.15) is 107 Å². The van der Waals surface area contributed by atoms with Crippen molar-refractivity contribution in [2.75, 3.05) is 26.7 Å². The van der Waals surface area contributed by atoms with Crippen molar-refractivity contribution in [2.45, 2.75) is 149 Å². The third-order valence-corrected chi connectivity index (χ3v) is 15.6. The van der Waals surface area contributed by atoms with Crippen molar-refractivity contribution < 1.29 is 34.0 Å². The summed E-state index contributed by atoms with van der Waals surface area (Å²) in [4.78, 5) is 14.4. The molecule has 14 atom stereocenters. The Morgan fingerprint density at radius 2 is 1.73 bits per heavy atom. The molecule has 5 aliphatic carbocycles. The molecule has 7 fully saturated rings. The molecule has 7 aliphatic rings. The number of fused-ring (bicyclic) bond motifs is 4. The molecule has 8 heteroatoms. The highest BCUT2D eigenvalue weighted by molar-refractivity contribution is 5.66. The minimum Gasteiger partial charge on any atom is -0.457 e. The highest BCUT2D eigenvalue weighted by Crippen LogP contribution is 2.89. The van der Waals surface area contributed by atoms with Crippen molar-refractivity contribution in [1.29, 1.82) is 0 Å². The van der Waals surface area contributed by atoms with E-state index in [0.717, 1.165) is 39.0 Å². The Kier molecular flexibility index (Phi) is 7.55. The number of ether oxygens (including phenoxy) is 4. The maximum absolute atomic E-state index is 12.5. The van der Waals surface area contributed by atoms with Crippen molar-refractivity contribution in [2.24, 2.45) is 50.7 Å². The van der Waals surface area contributed by atoms with Crippen molar-refractivity contribution >= 4 is 5.97 Å². The predicted molar refractivity (Wildman–Crippen MR) is 170 cm³/mol. The van der Waals surface area contributed by atoms with Crippen LogP contribution in [0.15, 0.2) is 0 Å². The summed E-state index contributed by atoms with van der Waals surface area (Å²) in [5.74, 6) is 1.16. The molecule has 2 heterocycles. The standard InChI is InChI=1S/C37H61NO7/c1-21-18-23(31(33(5,6)41)43-22(2)39)44-29-28(21)34(7)14-15-37-20-36(37)13-12-26(45-27-19-38(9)16-17-42-27)32(3,4)24(36)10-11-25(37)35(34,8)30(29)40/h21,23-31,40-41H,10-20H2,1-9H3/t21-,23-,24+,25+,26+,27?,28+,29+,30+,31+,34-,35-,36-,37+/m1/s1. The second-order valence-electron chi connectivity index (χ2n) is 18.4. The lowest BCUT2D eigenvalue weighted by Gasteiger charge is -2.64. The molecule has 5 saturated carbocycles. The zero-order chi connectivity index (χ0) is 32.5. The molecule has 0 aromatic carbocycles. The Morgan fingerprint density at radius 1 is 1.04 bits per heavy atom. The first-order valence-corrected chi connectivity index (χ1v) is 18.1. The van der Waals surface area contributed by atoms with Crippen molar-refractivity contribution in [3.63, 3.8) is 0 Å². The van der Waals surface area contributed by atoms with E-state index in [0.29, 0.717) is 23.7 Å². The van der Waals surface area contributed by atoms with Gasteiger partial charge in [0.15, 0.2) is 12.4 Å². The number of nitrogens with zero attached hydrogens (tertiary/aromatic N) is 1. The number of rotatable bonds is 5. The van der Waals surface area contributed by atoms with Crippen LogP contribution < -0.4 is 0 Å². The Balaban J connectivity index is 1.15. The van der Waals surface area contributed by atoms with Gasteiger partial charge in [-0.05, 0) is 118 Å². The van der Waals surface area contributed by atoms with E-state index in [1.54, 1.807) is 13.8 Å². The van der Waals surface area contributed by atoms with E-state index in [2.05, 4.69) is 46.6 Å². The van der Waals surface area contributed by atoms with Gasteiger partial charge in [-0.1, -0.05) is 34.6 Å². The normalized spacial score (nSPS) is 52.8. The predicted octanol–water partition coefficient (Wildman–Crippen LogP) is 5.18. The highest BCUT2D eigenvalue weighted by Gasteiger charge is 2.84. The molecule has 2 spiro atoms. The number of aliphatic hydroxyl groups is 2. The summed E-state index contributed by atoms with van der Waals surface area (Å²) >= 11 is 0. The number of aliphatic hydroxyl groups excluding tert-OH is 1. The molecule has 0 radical (unpaired) electrons. The first-order chi connectivity index (χ1) is 20.9. The summed E-state index contributed by atoms with van der Waals surface area (Å²) in [6.07, 6.45) is 6.89. The largest absolute Gasteiger partial charge is 0.457 e. The van der Waals surface area contributed by atoms with Gasteiger partial charge in [0.2, 0.25) is 0 Å². The SMILES string of the molecule is CC(=O)O[C@@H]([C@H]1C[C@@H](C)[C@H]2[C@H](O1)[C@H](O)[C@@]1(C)[C@@H]3CC[C@H]4C(C)(C)[C@@H](OC5CN(C)CCO5)CC[C@@]45C[C@@]35CC[C@]21C)C(C)(C)O. The van der Waals surface area contributed by atoms with E-state index in [-0.39, 0.29) is 52.0 Å². The molecule has 0 aromatic heterocycles. The average molecular weight is 632 g/mol. The Morgan fingerprint density at radius 3 is 2.40 bits per heavy atom. The molecule has 7 rings (SSSR count). The average Bonchev–Trinajstić information content (AvgIpc) is 3.57. The van der Waals surface area contributed by atoms with E-state index in [9.17, 15) is 15.0 Å². The van der Waals surface area contributed by atoms with Crippen LogP contribution in [0.25, 0.3) is 0 Å². The molecule has 256 valence electrons. The Labute approximate surface area is 271 Å². The molecule has 0 bridgehead atoms. The minimum absolute atomic E-state index is 0.0418. The van der Waals surface area contributed by atoms with Gasteiger partial charge in [-0.3, -0.25) is 9.69 Å². The van der Waals surface area contributed by atoms with Crippen LogP contribution in [0.5, 0.6) is 0 Å². The number of carbonyl (C=O) groups excluding carboxylic acids is 1. The smallest absolute Gasteiger partial charge is 0.303 e. The summed E-state index contributed by atoms with van der Waals surface area (Å²) < 4.78 is 25.4. The maximum atomic E-state index is 12.5. The van der Waals surface area contributed by atoms with Crippen LogP contribution in [-0.4, -0.2) is 90.2 Å². The minimum atomic E-state index is -1.25. The summed E-state index contributed by atoms with van der Waals surface area (Å²) in [6.45, 7) is 19.4. The van der Waals surface area contributed by atoms with Crippen LogP contribution in [-0.2, 0) is 23.7 Å². The van der Waals surface area contributed by atoms with E-state index in [4.69, 9.17) is 18.9 Å². The Hall–Kier alpha value is -0.770. The number of carbonyl (C=O) groups is 1. The van der Waals surface area contributed by atoms with Gasteiger partial charge in [-0.25, -0.2) is 0 Å². The van der Waals surface area contributed by atoms with Gasteiger partial charge < -0.3 is 29.2 Å². The zero-order valence-corrected chi connectivity index (χ0v) is 29.4. The first kappa shape index (κ1) is 32.8. The molecule has 1 unspecified atom stereocenters. The van der Waals surface area contributed by atoms with Crippen LogP contribution >= 0.6 is 0 Å². The third-order valence-electron chi connectivity index (χ3n) is 15.6. The molecule has 2 aliphatic heterocycles. The van der Waals surface area contributed by atoms with Gasteiger partial charge in [0.25, 0.3) is 0 Å². The topological polar surface area (TPSA) is 97.7 Å². The summed E-state index contributed by atoms with van der Waals surface area (Å²) in [6, 6.07) is 0. The molecule has 8 nitrogen and oxygen atoms in total. The van der Waals surface area contributed by atoms with Crippen molar-refractivity contribution in [1.82, 2.24) is 4.90 Å². The van der Waals surface area contributed by atoms with E-state index in [1.165, 1.54) is 32.6 Å². The fourth-order valence-electron chi connectivity index (χ4n) is 13.6. The molecular formula is C37H61NO7. The molecule has 2 saturated heterocycles. The number of hydrogen-bond donors (Lipinski definition) is 2. The lowest BCUT2D eigenvalue weighted by atomic mass is 9.41. The number of hydrogen-bond acceptors (Lipinski definition) is 8.